The van der Waals surface area contributed by atoms with Gasteiger partial charge in [0.05, 0.1) is 18.3 Å². The zero-order chi connectivity index (χ0) is 21.8. The summed E-state index contributed by atoms with van der Waals surface area (Å²) in [5.74, 6) is 1.96. The Morgan fingerprint density at radius 2 is 1.77 bits per heavy atom. The monoisotopic (exact) mass is 453 g/mol. The van der Waals surface area contributed by atoms with Crippen LogP contribution >= 0.6 is 23.8 Å². The molecular weight excluding hydrogens is 434 g/mol. The molecule has 0 amide bonds. The van der Waals surface area contributed by atoms with Crippen molar-refractivity contribution in [3.63, 3.8) is 0 Å². The highest BCUT2D eigenvalue weighted by Crippen LogP contribution is 2.30. The van der Waals surface area contributed by atoms with Gasteiger partial charge in [-0.05, 0) is 60.2 Å². The molecule has 0 atom stereocenters. The van der Waals surface area contributed by atoms with Gasteiger partial charge in [0.25, 0.3) is 0 Å². The van der Waals surface area contributed by atoms with Crippen molar-refractivity contribution in [1.29, 1.82) is 0 Å². The number of nitrogens with zero attached hydrogens (tertiary/aromatic N) is 3. The lowest BCUT2D eigenvalue weighted by atomic mass is 10.0. The number of pyridine rings is 2. The van der Waals surface area contributed by atoms with Crippen LogP contribution in [0.1, 0.15) is 0 Å². The number of benzene rings is 2. The molecule has 0 unspecified atom stereocenters. The first-order chi connectivity index (χ1) is 15.0. The summed E-state index contributed by atoms with van der Waals surface area (Å²) in [5, 5.41) is 1.35. The second kappa shape index (κ2) is 9.30. The van der Waals surface area contributed by atoms with Crippen LogP contribution < -0.4 is 20.1 Å². The molecule has 31 heavy (non-hydrogen) atoms. The van der Waals surface area contributed by atoms with Crippen LogP contribution in [-0.2, 0) is 0 Å². The van der Waals surface area contributed by atoms with Gasteiger partial charge in [0, 0.05) is 24.2 Å². The van der Waals surface area contributed by atoms with Crippen molar-refractivity contribution in [2.24, 2.45) is 0 Å². The molecule has 158 valence electrons. The highest BCUT2D eigenvalue weighted by molar-refractivity contribution is 7.92. The Morgan fingerprint density at radius 3 is 2.55 bits per heavy atom. The third-order valence-corrected chi connectivity index (χ3v) is 5.35. The number of hydrazine groups is 1. The number of halogens is 1. The summed E-state index contributed by atoms with van der Waals surface area (Å²) in [5.41, 5.74) is 12.4. The average Bonchev–Trinajstić information content (AvgIpc) is 2.79. The van der Waals surface area contributed by atoms with E-state index < -0.39 is 0 Å². The Morgan fingerprint density at radius 1 is 1.00 bits per heavy atom. The van der Waals surface area contributed by atoms with Gasteiger partial charge >= 0.3 is 0 Å². The molecule has 0 radical (unpaired) electrons. The summed E-state index contributed by atoms with van der Waals surface area (Å²) in [6.45, 7) is 0. The van der Waals surface area contributed by atoms with E-state index in [-0.39, 0.29) is 0 Å². The van der Waals surface area contributed by atoms with Crippen molar-refractivity contribution in [1.82, 2.24) is 14.4 Å². The van der Waals surface area contributed by atoms with Crippen molar-refractivity contribution in [3.05, 3.63) is 72.0 Å². The van der Waals surface area contributed by atoms with Crippen LogP contribution in [0, 0.1) is 0 Å². The van der Waals surface area contributed by atoms with Crippen LogP contribution in [0.3, 0.4) is 0 Å². The van der Waals surface area contributed by atoms with Crippen LogP contribution in [-0.4, -0.2) is 28.5 Å². The van der Waals surface area contributed by atoms with Crippen LogP contribution in [0.5, 0.6) is 11.5 Å². The van der Waals surface area contributed by atoms with Crippen molar-refractivity contribution >= 4 is 46.2 Å². The normalized spacial score (nSPS) is 11.0. The summed E-state index contributed by atoms with van der Waals surface area (Å²) >= 11 is 7.43. The Balaban J connectivity index is 1.47. The maximum absolute atomic E-state index is 6.30. The first-order valence-corrected chi connectivity index (χ1v) is 10.4. The van der Waals surface area contributed by atoms with Crippen molar-refractivity contribution in [2.75, 3.05) is 25.3 Å². The minimum absolute atomic E-state index is 0.357. The SMILES string of the molecule is COc1ccc(OSN(C)Nc2cc(-c3ccc4nc(N)ccc4c3)cnc2Cl)cc1. The molecule has 2 aromatic carbocycles. The lowest BCUT2D eigenvalue weighted by molar-refractivity contribution is 0.414. The van der Waals surface area contributed by atoms with Crippen LogP contribution in [0.15, 0.2) is 66.9 Å². The third kappa shape index (κ3) is 5.11. The number of aromatic nitrogens is 2. The molecule has 0 saturated heterocycles. The third-order valence-electron chi connectivity index (χ3n) is 4.47. The van der Waals surface area contributed by atoms with E-state index in [1.54, 1.807) is 23.8 Å². The van der Waals surface area contributed by atoms with Crippen LogP contribution in [0.4, 0.5) is 11.5 Å². The Labute approximate surface area is 189 Å². The largest absolute Gasteiger partial charge is 0.497 e. The number of rotatable bonds is 7. The fraction of sp³-hybridized carbons (Fsp3) is 0.0909. The van der Waals surface area contributed by atoms with Gasteiger partial charge in [-0.1, -0.05) is 17.7 Å². The molecule has 0 aliphatic carbocycles. The summed E-state index contributed by atoms with van der Waals surface area (Å²) in [6, 6.07) is 19.0. The highest BCUT2D eigenvalue weighted by atomic mass is 35.5. The molecule has 0 aliphatic rings. The molecular formula is C22H20ClN5O2S. The lowest BCUT2D eigenvalue weighted by Crippen LogP contribution is -2.19. The van der Waals surface area contributed by atoms with Gasteiger partial charge in [-0.3, -0.25) is 0 Å². The molecule has 2 heterocycles. The number of fused-ring (bicyclic) bond motifs is 1. The smallest absolute Gasteiger partial charge is 0.166 e. The molecule has 3 N–H and O–H groups in total. The fourth-order valence-corrected chi connectivity index (χ4v) is 3.51. The molecule has 0 spiro atoms. The highest BCUT2D eigenvalue weighted by Gasteiger charge is 2.10. The van der Waals surface area contributed by atoms with E-state index in [1.807, 2.05) is 61.6 Å². The van der Waals surface area contributed by atoms with E-state index in [1.165, 1.54) is 0 Å². The van der Waals surface area contributed by atoms with Gasteiger partial charge in [0.1, 0.15) is 17.3 Å². The molecule has 0 bridgehead atoms. The number of methoxy groups -OCH3 is 1. The quantitative estimate of drug-likeness (QED) is 0.165. The van der Waals surface area contributed by atoms with Gasteiger partial charge in [-0.15, -0.1) is 4.41 Å². The lowest BCUT2D eigenvalue weighted by Gasteiger charge is -2.18. The molecule has 0 aliphatic heterocycles. The van der Waals surface area contributed by atoms with E-state index >= 15 is 0 Å². The molecule has 0 saturated carbocycles. The molecule has 4 aromatic rings. The number of anilines is 2. The second-order valence-electron chi connectivity index (χ2n) is 6.65. The Kier molecular flexibility index (Phi) is 6.31. The molecule has 7 nitrogen and oxygen atoms in total. The van der Waals surface area contributed by atoms with Crippen LogP contribution in [0.25, 0.3) is 22.0 Å². The predicted octanol–water partition coefficient (Wildman–Crippen LogP) is 5.44. The standard InChI is InChI=1S/C22H20ClN5O2S/c1-28(31-30-18-7-5-17(29-2)6-8-18)27-20-12-16(13-25-22(20)23)14-3-9-19-15(11-14)4-10-21(24)26-19/h3-13,27H,1-2H3,(H2,24,26). The predicted molar refractivity (Wildman–Crippen MR) is 127 cm³/mol. The second-order valence-corrected chi connectivity index (χ2v) is 7.87. The van der Waals surface area contributed by atoms with Crippen molar-refractivity contribution in [2.45, 2.75) is 0 Å². The van der Waals surface area contributed by atoms with Crippen molar-refractivity contribution in [3.8, 4) is 22.6 Å². The van der Waals surface area contributed by atoms with Gasteiger partial charge in [0.2, 0.25) is 0 Å². The summed E-state index contributed by atoms with van der Waals surface area (Å²) in [7, 11) is 3.45. The topological polar surface area (TPSA) is 85.5 Å². The summed E-state index contributed by atoms with van der Waals surface area (Å²) in [4.78, 5) is 8.65. The minimum atomic E-state index is 0.357. The Bertz CT molecular complexity index is 1210. The molecule has 9 heteroatoms. The van der Waals surface area contributed by atoms with E-state index in [2.05, 4.69) is 15.4 Å². The number of hydrogen-bond acceptors (Lipinski definition) is 8. The summed E-state index contributed by atoms with van der Waals surface area (Å²) in [6.07, 6.45) is 1.74. The van der Waals surface area contributed by atoms with Crippen molar-refractivity contribution < 1.29 is 8.92 Å². The maximum atomic E-state index is 6.30. The van der Waals surface area contributed by atoms with E-state index in [4.69, 9.17) is 26.3 Å². The summed E-state index contributed by atoms with van der Waals surface area (Å²) < 4.78 is 12.5. The first-order valence-electron chi connectivity index (χ1n) is 9.33. The van der Waals surface area contributed by atoms with Gasteiger partial charge in [-0.2, -0.15) is 0 Å². The van der Waals surface area contributed by atoms with E-state index in [0.717, 1.165) is 40.0 Å². The van der Waals surface area contributed by atoms with E-state index in [9.17, 15) is 0 Å². The number of nitrogen functional groups attached to an aromatic ring is 1. The molecule has 2 aromatic heterocycles. The zero-order valence-corrected chi connectivity index (χ0v) is 18.4. The van der Waals surface area contributed by atoms with Gasteiger partial charge in [-0.25, -0.2) is 9.97 Å². The van der Waals surface area contributed by atoms with Gasteiger partial charge < -0.3 is 20.1 Å². The fourth-order valence-electron chi connectivity index (χ4n) is 2.92. The molecule has 4 rings (SSSR count). The number of nitrogens with one attached hydrogen (secondary N) is 1. The number of nitrogens with two attached hydrogens (primary N) is 1. The zero-order valence-electron chi connectivity index (χ0n) is 16.9. The number of ether oxygens (including phenoxy) is 1. The molecule has 0 fully saturated rings. The average molecular weight is 454 g/mol. The number of hydrogen-bond donors (Lipinski definition) is 2. The van der Waals surface area contributed by atoms with Gasteiger partial charge in [0.15, 0.2) is 17.4 Å². The minimum Gasteiger partial charge on any atom is -0.497 e. The Hall–Kier alpha value is -3.20. The first kappa shape index (κ1) is 21.0. The van der Waals surface area contributed by atoms with E-state index in [0.29, 0.717) is 22.4 Å². The maximum Gasteiger partial charge on any atom is 0.166 e. The van der Waals surface area contributed by atoms with Crippen LogP contribution in [0.2, 0.25) is 5.15 Å².